The molecular weight excluding hydrogens is 308 g/mol. The minimum Gasteiger partial charge on any atom is -0.496 e. The van der Waals surface area contributed by atoms with Crippen LogP contribution in [-0.2, 0) is 4.79 Å². The molecule has 2 N–H and O–H groups in total. The van der Waals surface area contributed by atoms with Gasteiger partial charge in [-0.05, 0) is 47.0 Å². The summed E-state index contributed by atoms with van der Waals surface area (Å²) in [5.41, 5.74) is 1.19. The van der Waals surface area contributed by atoms with E-state index in [4.69, 9.17) is 4.74 Å². The quantitative estimate of drug-likeness (QED) is 0.873. The van der Waals surface area contributed by atoms with Gasteiger partial charge >= 0.3 is 0 Å². The van der Waals surface area contributed by atoms with Crippen molar-refractivity contribution >= 4 is 21.8 Å². The van der Waals surface area contributed by atoms with Gasteiger partial charge in [-0.3, -0.25) is 4.79 Å². The first-order valence-electron chi connectivity index (χ1n) is 6.46. The van der Waals surface area contributed by atoms with E-state index in [1.165, 1.54) is 5.56 Å². The van der Waals surface area contributed by atoms with E-state index in [1.54, 1.807) is 7.11 Å². The maximum atomic E-state index is 11.1. The molecule has 4 nitrogen and oxygen atoms in total. The van der Waals surface area contributed by atoms with Crippen LogP contribution in [0.2, 0.25) is 0 Å². The van der Waals surface area contributed by atoms with Crippen LogP contribution in [0.4, 0.5) is 0 Å². The Morgan fingerprint density at radius 2 is 2.37 bits per heavy atom. The van der Waals surface area contributed by atoms with Crippen LogP contribution in [0.1, 0.15) is 31.4 Å². The maximum absolute atomic E-state index is 11.1. The van der Waals surface area contributed by atoms with Crippen molar-refractivity contribution in [3.05, 3.63) is 28.2 Å². The standard InChI is InChI=1S/C14H19BrN2O2/c1-9(16-8-11-4-6-14(18)17-11)10-3-5-13(19-2)12(15)7-10/h3,5,7,9,11,16H,4,6,8H2,1-2H3,(H,17,18). The Kier molecular flexibility index (Phi) is 4.82. The van der Waals surface area contributed by atoms with Crippen LogP contribution in [0, 0.1) is 0 Å². The van der Waals surface area contributed by atoms with Crippen molar-refractivity contribution in [2.45, 2.75) is 31.8 Å². The van der Waals surface area contributed by atoms with E-state index in [0.717, 1.165) is 23.2 Å². The van der Waals surface area contributed by atoms with Crippen LogP contribution in [0.25, 0.3) is 0 Å². The summed E-state index contributed by atoms with van der Waals surface area (Å²) in [5, 5.41) is 6.41. The average molecular weight is 327 g/mol. The van der Waals surface area contributed by atoms with E-state index in [9.17, 15) is 4.79 Å². The topological polar surface area (TPSA) is 50.4 Å². The molecule has 0 aliphatic carbocycles. The van der Waals surface area contributed by atoms with Gasteiger partial charge in [0.15, 0.2) is 0 Å². The average Bonchev–Trinajstić information content (AvgIpc) is 2.81. The number of nitrogens with one attached hydrogen (secondary N) is 2. The summed E-state index contributed by atoms with van der Waals surface area (Å²) in [6.45, 7) is 2.92. The molecule has 2 unspecified atom stereocenters. The monoisotopic (exact) mass is 326 g/mol. The van der Waals surface area contributed by atoms with Gasteiger partial charge in [-0.25, -0.2) is 0 Å². The molecule has 1 aromatic rings. The second-order valence-electron chi connectivity index (χ2n) is 4.83. The van der Waals surface area contributed by atoms with Gasteiger partial charge < -0.3 is 15.4 Å². The predicted octanol–water partition coefficient (Wildman–Crippen LogP) is 2.39. The number of benzene rings is 1. The van der Waals surface area contributed by atoms with Crippen molar-refractivity contribution in [1.29, 1.82) is 0 Å². The molecule has 0 saturated carbocycles. The maximum Gasteiger partial charge on any atom is 0.220 e. The molecule has 0 bridgehead atoms. The zero-order chi connectivity index (χ0) is 13.8. The molecular formula is C14H19BrN2O2. The molecule has 1 heterocycles. The molecule has 5 heteroatoms. The smallest absolute Gasteiger partial charge is 0.220 e. The number of halogens is 1. The zero-order valence-electron chi connectivity index (χ0n) is 11.2. The van der Waals surface area contributed by atoms with E-state index in [2.05, 4.69) is 45.6 Å². The highest BCUT2D eigenvalue weighted by atomic mass is 79.9. The van der Waals surface area contributed by atoms with Crippen molar-refractivity contribution < 1.29 is 9.53 Å². The van der Waals surface area contributed by atoms with E-state index in [1.807, 2.05) is 6.07 Å². The zero-order valence-corrected chi connectivity index (χ0v) is 12.8. The fourth-order valence-electron chi connectivity index (χ4n) is 2.22. The van der Waals surface area contributed by atoms with Crippen molar-refractivity contribution in [3.63, 3.8) is 0 Å². The second kappa shape index (κ2) is 6.39. The SMILES string of the molecule is COc1ccc(C(C)NCC2CCC(=O)N2)cc1Br. The minimum atomic E-state index is 0.159. The van der Waals surface area contributed by atoms with Crippen LogP contribution in [0.3, 0.4) is 0 Å². The molecule has 1 saturated heterocycles. The lowest BCUT2D eigenvalue weighted by Gasteiger charge is -2.18. The van der Waals surface area contributed by atoms with Gasteiger partial charge in [-0.2, -0.15) is 0 Å². The Morgan fingerprint density at radius 3 is 2.95 bits per heavy atom. The lowest BCUT2D eigenvalue weighted by atomic mass is 10.1. The fraction of sp³-hybridized carbons (Fsp3) is 0.500. The van der Waals surface area contributed by atoms with Crippen LogP contribution in [0.5, 0.6) is 5.75 Å². The molecule has 1 aliphatic heterocycles. The molecule has 2 atom stereocenters. The Hall–Kier alpha value is -1.07. The van der Waals surface area contributed by atoms with Crippen LogP contribution in [0.15, 0.2) is 22.7 Å². The Morgan fingerprint density at radius 1 is 1.58 bits per heavy atom. The van der Waals surface area contributed by atoms with Crippen LogP contribution >= 0.6 is 15.9 Å². The lowest BCUT2D eigenvalue weighted by Crippen LogP contribution is -2.36. The van der Waals surface area contributed by atoms with Gasteiger partial charge in [-0.1, -0.05) is 6.07 Å². The van der Waals surface area contributed by atoms with Gasteiger partial charge in [0.1, 0.15) is 5.75 Å². The van der Waals surface area contributed by atoms with Crippen LogP contribution in [-0.4, -0.2) is 25.6 Å². The summed E-state index contributed by atoms with van der Waals surface area (Å²) in [6, 6.07) is 6.56. The summed E-state index contributed by atoms with van der Waals surface area (Å²) in [6.07, 6.45) is 1.57. The Labute approximate surface area is 122 Å². The van der Waals surface area contributed by atoms with Gasteiger partial charge in [-0.15, -0.1) is 0 Å². The van der Waals surface area contributed by atoms with Gasteiger partial charge in [0, 0.05) is 25.0 Å². The van der Waals surface area contributed by atoms with E-state index < -0.39 is 0 Å². The Bertz CT molecular complexity index is 465. The summed E-state index contributed by atoms with van der Waals surface area (Å²) < 4.78 is 6.17. The van der Waals surface area contributed by atoms with Crippen molar-refractivity contribution in [2.24, 2.45) is 0 Å². The molecule has 1 aromatic carbocycles. The number of hydrogen-bond acceptors (Lipinski definition) is 3. The summed E-state index contributed by atoms with van der Waals surface area (Å²) >= 11 is 3.49. The summed E-state index contributed by atoms with van der Waals surface area (Å²) in [7, 11) is 1.66. The first-order valence-corrected chi connectivity index (χ1v) is 7.25. The highest BCUT2D eigenvalue weighted by Gasteiger charge is 2.21. The van der Waals surface area contributed by atoms with Gasteiger partial charge in [0.05, 0.1) is 11.6 Å². The summed E-state index contributed by atoms with van der Waals surface area (Å²) in [5.74, 6) is 0.991. The number of rotatable bonds is 5. The van der Waals surface area contributed by atoms with Crippen LogP contribution < -0.4 is 15.4 Å². The van der Waals surface area contributed by atoms with Crippen molar-refractivity contribution in [1.82, 2.24) is 10.6 Å². The minimum absolute atomic E-state index is 0.159. The van der Waals surface area contributed by atoms with Gasteiger partial charge in [0.25, 0.3) is 0 Å². The van der Waals surface area contributed by atoms with Crippen molar-refractivity contribution in [2.75, 3.05) is 13.7 Å². The first-order chi connectivity index (χ1) is 9.10. The van der Waals surface area contributed by atoms with E-state index >= 15 is 0 Å². The third-order valence-electron chi connectivity index (χ3n) is 3.43. The molecule has 1 amide bonds. The summed E-state index contributed by atoms with van der Waals surface area (Å²) in [4.78, 5) is 11.1. The molecule has 1 fully saturated rings. The lowest BCUT2D eigenvalue weighted by molar-refractivity contribution is -0.119. The predicted molar refractivity (Wildman–Crippen MR) is 78.3 cm³/mol. The molecule has 104 valence electrons. The van der Waals surface area contributed by atoms with Crippen molar-refractivity contribution in [3.8, 4) is 5.75 Å². The highest BCUT2D eigenvalue weighted by molar-refractivity contribution is 9.10. The molecule has 19 heavy (non-hydrogen) atoms. The highest BCUT2D eigenvalue weighted by Crippen LogP contribution is 2.27. The molecule has 0 radical (unpaired) electrons. The largest absolute Gasteiger partial charge is 0.496 e. The molecule has 0 aromatic heterocycles. The van der Waals surface area contributed by atoms with E-state index in [0.29, 0.717) is 6.42 Å². The number of hydrogen-bond donors (Lipinski definition) is 2. The fourth-order valence-corrected chi connectivity index (χ4v) is 2.78. The molecule has 0 spiro atoms. The number of methoxy groups -OCH3 is 1. The number of carbonyl (C=O) groups is 1. The molecule has 1 aliphatic rings. The van der Waals surface area contributed by atoms with E-state index in [-0.39, 0.29) is 18.0 Å². The third kappa shape index (κ3) is 3.70. The van der Waals surface area contributed by atoms with Gasteiger partial charge in [0.2, 0.25) is 5.91 Å². The first kappa shape index (κ1) is 14.3. The number of ether oxygens (including phenoxy) is 1. The molecule has 2 rings (SSSR count). The number of carbonyl (C=O) groups excluding carboxylic acids is 1. The second-order valence-corrected chi connectivity index (χ2v) is 5.68. The third-order valence-corrected chi connectivity index (χ3v) is 4.05. The normalized spacial score (nSPS) is 20.2. The Balaban J connectivity index is 1.90. The number of amides is 1.